The Balaban J connectivity index is 1.05. The molecule has 0 aliphatic carbocycles. The number of hydrogen-bond acceptors (Lipinski definition) is 9. The van der Waals surface area contributed by atoms with Crippen molar-refractivity contribution < 1.29 is 28.7 Å². The van der Waals surface area contributed by atoms with Crippen LogP contribution in [0.2, 0.25) is 0 Å². The molecule has 7 atom stereocenters. The van der Waals surface area contributed by atoms with Gasteiger partial charge in [-0.15, -0.1) is 0 Å². The lowest BCUT2D eigenvalue weighted by Crippen LogP contribution is -2.51. The Morgan fingerprint density at radius 1 is 0.714 bits per heavy atom. The van der Waals surface area contributed by atoms with Crippen LogP contribution in [0, 0.1) is 23.2 Å². The Bertz CT molecular complexity index is 2370. The molecule has 4 amide bonds. The Hall–Kier alpha value is -5.70. The van der Waals surface area contributed by atoms with Crippen LogP contribution in [0.1, 0.15) is 121 Å². The molecule has 63 heavy (non-hydrogen) atoms. The van der Waals surface area contributed by atoms with Crippen molar-refractivity contribution in [2.75, 3.05) is 34.4 Å². The number of ether oxygens (including phenoxy) is 2. The van der Waals surface area contributed by atoms with Crippen molar-refractivity contribution in [3.8, 4) is 33.6 Å². The van der Waals surface area contributed by atoms with Gasteiger partial charge in [0, 0.05) is 30.7 Å². The smallest absolute Gasteiger partial charge is 0.407 e. The molecule has 2 aromatic carbocycles. The van der Waals surface area contributed by atoms with Gasteiger partial charge in [0.2, 0.25) is 11.8 Å². The third kappa shape index (κ3) is 8.20. The van der Waals surface area contributed by atoms with Crippen LogP contribution in [0.3, 0.4) is 0 Å². The van der Waals surface area contributed by atoms with Crippen LogP contribution < -0.4 is 10.6 Å². The Morgan fingerprint density at radius 2 is 1.22 bits per heavy atom. The molecule has 8 rings (SSSR count). The van der Waals surface area contributed by atoms with Crippen molar-refractivity contribution >= 4 is 24.0 Å². The van der Waals surface area contributed by atoms with E-state index in [9.17, 15) is 19.2 Å². The molecule has 4 aliphatic heterocycles. The SMILES string of the molecule is COC(=O)N[C@H](C(=O)N1C[C@@H](C)C[C@H]1c1ncc(-c2ccc(-c3ccc(-c4cnc([C@@H]5CC(C)(C)CN5C(=O)[C@H](NC(=O)OC)C(C)C)[nH]4)cc3)c3c2C2CCC3N2C)[nH]1)C(C)C. The molecular formula is C48H63N9O6. The average molecular weight is 862 g/mol. The van der Waals surface area contributed by atoms with Crippen LogP contribution in [0.15, 0.2) is 48.8 Å². The standard InChI is InChI=1S/C48H63N9O6/c1-25(2)40(53-46(60)62-9)44(58)56-23-27(5)19-36(56)42-50-22-33(52-42)31-16-15-30(38-34-17-18-35(39(31)38)55(34)8)28-11-13-29(14-12-28)32-21-49-43(51-32)37-20-48(6,7)24-57(37)45(59)41(26(3)4)54-47(61)63-10/h11-16,21-22,25-27,34-37,40-41H,17-20,23-24H2,1-10H3,(H,49,51)(H,50,52)(H,53,60)(H,54,61)/t27-,34?,35?,36-,37-,40-,41+/m0/s1. The Labute approximate surface area is 370 Å². The first-order chi connectivity index (χ1) is 30.0. The van der Waals surface area contributed by atoms with E-state index < -0.39 is 24.3 Å². The number of fused-ring (bicyclic) bond motifs is 5. The molecule has 3 saturated heterocycles. The molecule has 4 N–H and O–H groups in total. The van der Waals surface area contributed by atoms with Crippen LogP contribution in [0.4, 0.5) is 9.59 Å². The first-order valence-electron chi connectivity index (χ1n) is 22.4. The van der Waals surface area contributed by atoms with Gasteiger partial charge >= 0.3 is 12.2 Å². The number of aromatic amines is 2. The molecule has 0 spiro atoms. The predicted molar refractivity (Wildman–Crippen MR) is 239 cm³/mol. The number of aromatic nitrogens is 4. The molecule has 2 bridgehead atoms. The minimum absolute atomic E-state index is 0.120. The van der Waals surface area contributed by atoms with E-state index in [2.05, 4.69) is 89.7 Å². The fraction of sp³-hybridized carbons (Fsp3) is 0.542. The Kier molecular flexibility index (Phi) is 11.9. The van der Waals surface area contributed by atoms with Gasteiger partial charge in [-0.2, -0.15) is 0 Å². The van der Waals surface area contributed by atoms with Crippen molar-refractivity contribution in [1.29, 1.82) is 0 Å². The highest BCUT2D eigenvalue weighted by molar-refractivity contribution is 5.87. The fourth-order valence-corrected chi connectivity index (χ4v) is 10.7. The van der Waals surface area contributed by atoms with Crippen LogP contribution in [0.5, 0.6) is 0 Å². The molecule has 3 fully saturated rings. The lowest BCUT2D eigenvalue weighted by molar-refractivity contribution is -0.136. The summed E-state index contributed by atoms with van der Waals surface area (Å²) in [4.78, 5) is 75.4. The number of nitrogens with one attached hydrogen (secondary N) is 4. The highest BCUT2D eigenvalue weighted by Gasteiger charge is 2.47. The number of alkyl carbamates (subject to hydrolysis) is 2. The van der Waals surface area contributed by atoms with Crippen molar-refractivity contribution in [2.24, 2.45) is 23.2 Å². The number of methoxy groups -OCH3 is 2. The number of rotatable bonds is 11. The third-order valence-corrected chi connectivity index (χ3v) is 13.8. The fourth-order valence-electron chi connectivity index (χ4n) is 10.7. The summed E-state index contributed by atoms with van der Waals surface area (Å²) in [6.45, 7) is 15.3. The largest absolute Gasteiger partial charge is 0.453 e. The van der Waals surface area contributed by atoms with Gasteiger partial charge in [-0.1, -0.05) is 84.9 Å². The van der Waals surface area contributed by atoms with E-state index in [4.69, 9.17) is 19.4 Å². The normalized spacial score (nSPS) is 23.6. The molecular weight excluding hydrogens is 799 g/mol. The molecule has 2 aromatic heterocycles. The second-order valence-corrected chi connectivity index (χ2v) is 19.6. The number of benzene rings is 2. The van der Waals surface area contributed by atoms with Crippen molar-refractivity contribution in [3.05, 3.63) is 71.6 Å². The number of likely N-dealkylation sites (tertiary alicyclic amines) is 2. The number of H-pyrrole nitrogens is 2. The van der Waals surface area contributed by atoms with Crippen LogP contribution in [-0.4, -0.2) is 105 Å². The van der Waals surface area contributed by atoms with Crippen LogP contribution in [-0.2, 0) is 19.1 Å². The van der Waals surface area contributed by atoms with E-state index in [0.29, 0.717) is 19.1 Å². The summed E-state index contributed by atoms with van der Waals surface area (Å²) in [7, 11) is 4.83. The summed E-state index contributed by atoms with van der Waals surface area (Å²) < 4.78 is 9.67. The molecule has 336 valence electrons. The van der Waals surface area contributed by atoms with Crippen molar-refractivity contribution in [2.45, 2.75) is 110 Å². The lowest BCUT2D eigenvalue weighted by atomic mass is 9.82. The highest BCUT2D eigenvalue weighted by atomic mass is 16.5. The van der Waals surface area contributed by atoms with Gasteiger partial charge < -0.3 is 39.9 Å². The van der Waals surface area contributed by atoms with Gasteiger partial charge in [-0.05, 0) is 83.7 Å². The zero-order chi connectivity index (χ0) is 45.1. The van der Waals surface area contributed by atoms with Crippen molar-refractivity contribution in [3.63, 3.8) is 0 Å². The number of carbonyl (C=O) groups excluding carboxylic acids is 4. The molecule has 15 heteroatoms. The van der Waals surface area contributed by atoms with Crippen molar-refractivity contribution in [1.82, 2.24) is 45.3 Å². The molecule has 6 heterocycles. The van der Waals surface area contributed by atoms with E-state index >= 15 is 0 Å². The van der Waals surface area contributed by atoms with Crippen LogP contribution >= 0.6 is 0 Å². The maximum absolute atomic E-state index is 14.0. The molecule has 4 aliphatic rings. The zero-order valence-electron chi connectivity index (χ0n) is 38.2. The minimum Gasteiger partial charge on any atom is -0.453 e. The molecule has 4 aromatic rings. The van der Waals surface area contributed by atoms with E-state index in [1.165, 1.54) is 30.9 Å². The lowest BCUT2D eigenvalue weighted by Gasteiger charge is -2.30. The van der Waals surface area contributed by atoms with Gasteiger partial charge in [0.15, 0.2) is 0 Å². The maximum Gasteiger partial charge on any atom is 0.407 e. The van der Waals surface area contributed by atoms with E-state index in [-0.39, 0.29) is 53.1 Å². The van der Waals surface area contributed by atoms with Gasteiger partial charge in [-0.25, -0.2) is 19.6 Å². The van der Waals surface area contributed by atoms with Gasteiger partial charge in [0.1, 0.15) is 23.7 Å². The highest BCUT2D eigenvalue weighted by Crippen LogP contribution is 2.57. The number of imidazole rings is 2. The monoisotopic (exact) mass is 861 g/mol. The minimum atomic E-state index is -0.718. The summed E-state index contributed by atoms with van der Waals surface area (Å²) in [5, 5.41) is 5.50. The third-order valence-electron chi connectivity index (χ3n) is 13.8. The second-order valence-electron chi connectivity index (χ2n) is 19.6. The summed E-state index contributed by atoms with van der Waals surface area (Å²) >= 11 is 0. The molecule has 0 saturated carbocycles. The average Bonchev–Trinajstić information content (AvgIpc) is 4.13. The number of amides is 4. The number of hydrogen-bond donors (Lipinski definition) is 4. The van der Waals surface area contributed by atoms with Gasteiger partial charge in [-0.3, -0.25) is 14.5 Å². The zero-order valence-corrected chi connectivity index (χ0v) is 38.2. The van der Waals surface area contributed by atoms with Gasteiger partial charge in [0.25, 0.3) is 0 Å². The molecule has 2 unspecified atom stereocenters. The van der Waals surface area contributed by atoms with Gasteiger partial charge in [0.05, 0.1) is 50.1 Å². The summed E-state index contributed by atoms with van der Waals surface area (Å²) in [5.74, 6) is 1.22. The first-order valence-corrected chi connectivity index (χ1v) is 22.4. The summed E-state index contributed by atoms with van der Waals surface area (Å²) in [5.41, 5.74) is 8.83. The maximum atomic E-state index is 14.0. The van der Waals surface area contributed by atoms with E-state index in [0.717, 1.165) is 65.4 Å². The van der Waals surface area contributed by atoms with Crippen LogP contribution in [0.25, 0.3) is 33.6 Å². The summed E-state index contributed by atoms with van der Waals surface area (Å²) in [6.07, 6.45) is 6.18. The number of carbonyl (C=O) groups is 4. The summed E-state index contributed by atoms with van der Waals surface area (Å²) in [6, 6.07) is 11.7. The predicted octanol–water partition coefficient (Wildman–Crippen LogP) is 7.93. The quantitative estimate of drug-likeness (QED) is 0.117. The number of nitrogens with zero attached hydrogens (tertiary/aromatic N) is 5. The first kappa shape index (κ1) is 43.9. The molecule has 0 radical (unpaired) electrons. The van der Waals surface area contributed by atoms with E-state index in [1.54, 1.807) is 0 Å². The Morgan fingerprint density at radius 3 is 1.81 bits per heavy atom. The van der Waals surface area contributed by atoms with E-state index in [1.807, 2.05) is 49.9 Å². The molecule has 15 nitrogen and oxygen atoms in total. The second kappa shape index (κ2) is 17.1. The topological polar surface area (TPSA) is 178 Å².